The minimum atomic E-state index is -0.741. The molecule has 1 atom stereocenters. The third-order valence-electron chi connectivity index (χ3n) is 4.84. The van der Waals surface area contributed by atoms with E-state index in [9.17, 15) is 4.79 Å². The third kappa shape index (κ3) is 5.34. The molecule has 1 spiro atoms. The lowest BCUT2D eigenvalue weighted by atomic mass is 10.1. The highest BCUT2D eigenvalue weighted by atomic mass is 16.7. The van der Waals surface area contributed by atoms with E-state index in [4.69, 9.17) is 14.2 Å². The molecule has 2 saturated heterocycles. The van der Waals surface area contributed by atoms with Crippen LogP contribution in [0.4, 0.5) is 10.5 Å². The Morgan fingerprint density at radius 2 is 2.07 bits per heavy atom. The Morgan fingerprint density at radius 3 is 2.85 bits per heavy atom. The van der Waals surface area contributed by atoms with E-state index in [0.717, 1.165) is 19.5 Å². The van der Waals surface area contributed by atoms with Crippen molar-refractivity contribution in [2.24, 2.45) is 5.92 Å². The number of carbonyl (C=O) groups is 1. The molecule has 2 aliphatic heterocycles. The van der Waals surface area contributed by atoms with Crippen LogP contribution in [-0.4, -0.2) is 74.7 Å². The Hall–Kier alpha value is -1.83. The fraction of sp³-hybridized carbons (Fsp3) is 0.650. The average molecular weight is 377 g/mol. The van der Waals surface area contributed by atoms with E-state index in [2.05, 4.69) is 24.1 Å². The van der Waals surface area contributed by atoms with E-state index in [1.807, 2.05) is 18.2 Å². The highest BCUT2D eigenvalue weighted by molar-refractivity contribution is 5.89. The van der Waals surface area contributed by atoms with Crippen LogP contribution in [0.25, 0.3) is 0 Å². The largest absolute Gasteiger partial charge is 0.497 e. The van der Waals surface area contributed by atoms with E-state index >= 15 is 0 Å². The van der Waals surface area contributed by atoms with E-state index in [1.165, 1.54) is 0 Å². The van der Waals surface area contributed by atoms with Crippen molar-refractivity contribution in [3.05, 3.63) is 24.3 Å². The molecule has 3 rings (SSSR count). The highest BCUT2D eigenvalue weighted by Crippen LogP contribution is 2.26. The minimum absolute atomic E-state index is 0.144. The molecule has 7 heteroatoms. The van der Waals surface area contributed by atoms with Gasteiger partial charge in [-0.05, 0) is 24.5 Å². The SMILES string of the molecule is COc1cccc(NC(=O)N2CCOC3(CN(CC(C)C)CCCO3)C2)c1. The predicted molar refractivity (Wildman–Crippen MR) is 104 cm³/mol. The summed E-state index contributed by atoms with van der Waals surface area (Å²) in [5.74, 6) is 0.550. The van der Waals surface area contributed by atoms with Crippen LogP contribution in [0, 0.1) is 5.92 Å². The van der Waals surface area contributed by atoms with Crippen molar-refractivity contribution in [3.8, 4) is 5.75 Å². The van der Waals surface area contributed by atoms with Gasteiger partial charge in [-0.15, -0.1) is 0 Å². The molecule has 150 valence electrons. The Bertz CT molecular complexity index is 639. The molecule has 1 aromatic rings. The Labute approximate surface area is 161 Å². The maximum atomic E-state index is 12.8. The molecule has 1 N–H and O–H groups in total. The van der Waals surface area contributed by atoms with Crippen molar-refractivity contribution in [2.45, 2.75) is 26.1 Å². The summed E-state index contributed by atoms with van der Waals surface area (Å²) in [6.07, 6.45) is 0.980. The van der Waals surface area contributed by atoms with Crippen LogP contribution in [-0.2, 0) is 9.47 Å². The predicted octanol–water partition coefficient (Wildman–Crippen LogP) is 2.63. The summed E-state index contributed by atoms with van der Waals surface area (Å²) in [6, 6.07) is 7.22. The molecule has 2 amide bonds. The first-order chi connectivity index (χ1) is 13.0. The fourth-order valence-electron chi connectivity index (χ4n) is 3.70. The number of morpholine rings is 1. The number of urea groups is 1. The molecule has 27 heavy (non-hydrogen) atoms. The summed E-state index contributed by atoms with van der Waals surface area (Å²) in [6.45, 7) is 9.23. The second kappa shape index (κ2) is 8.91. The van der Waals surface area contributed by atoms with Gasteiger partial charge in [0.2, 0.25) is 0 Å². The number of nitrogens with zero attached hydrogens (tertiary/aromatic N) is 2. The normalized spacial score (nSPS) is 24.1. The van der Waals surface area contributed by atoms with Crippen LogP contribution in [0.1, 0.15) is 20.3 Å². The minimum Gasteiger partial charge on any atom is -0.497 e. The third-order valence-corrected chi connectivity index (χ3v) is 4.84. The summed E-state index contributed by atoms with van der Waals surface area (Å²) < 4.78 is 17.4. The number of carbonyl (C=O) groups excluding carboxylic acids is 1. The second-order valence-corrected chi connectivity index (χ2v) is 7.67. The van der Waals surface area contributed by atoms with Gasteiger partial charge in [0.05, 0.1) is 33.4 Å². The van der Waals surface area contributed by atoms with Crippen molar-refractivity contribution in [1.29, 1.82) is 0 Å². The van der Waals surface area contributed by atoms with E-state index < -0.39 is 5.79 Å². The van der Waals surface area contributed by atoms with Crippen molar-refractivity contribution < 1.29 is 19.0 Å². The maximum Gasteiger partial charge on any atom is 0.322 e. The molecular weight excluding hydrogens is 346 g/mol. The van der Waals surface area contributed by atoms with Crippen molar-refractivity contribution in [2.75, 3.05) is 58.4 Å². The number of hydrogen-bond acceptors (Lipinski definition) is 5. The highest BCUT2D eigenvalue weighted by Gasteiger charge is 2.42. The van der Waals surface area contributed by atoms with E-state index in [-0.39, 0.29) is 6.03 Å². The van der Waals surface area contributed by atoms with Crippen molar-refractivity contribution >= 4 is 11.7 Å². The summed E-state index contributed by atoms with van der Waals surface area (Å²) in [7, 11) is 1.61. The zero-order valence-corrected chi connectivity index (χ0v) is 16.6. The van der Waals surface area contributed by atoms with Gasteiger partial charge in [0, 0.05) is 31.4 Å². The topological polar surface area (TPSA) is 63.3 Å². The van der Waals surface area contributed by atoms with Crippen LogP contribution in [0.2, 0.25) is 0 Å². The van der Waals surface area contributed by atoms with Gasteiger partial charge >= 0.3 is 6.03 Å². The van der Waals surface area contributed by atoms with Crippen LogP contribution in [0.5, 0.6) is 5.75 Å². The Morgan fingerprint density at radius 1 is 1.26 bits per heavy atom. The van der Waals surface area contributed by atoms with Gasteiger partial charge < -0.3 is 24.4 Å². The summed E-state index contributed by atoms with van der Waals surface area (Å²) in [5, 5.41) is 2.95. The zero-order chi connectivity index (χ0) is 19.3. The first kappa shape index (κ1) is 19.9. The molecule has 0 bridgehead atoms. The van der Waals surface area contributed by atoms with Crippen molar-refractivity contribution in [3.63, 3.8) is 0 Å². The monoisotopic (exact) mass is 377 g/mol. The summed E-state index contributed by atoms with van der Waals surface area (Å²) >= 11 is 0. The zero-order valence-electron chi connectivity index (χ0n) is 16.6. The first-order valence-electron chi connectivity index (χ1n) is 9.70. The van der Waals surface area contributed by atoms with Crippen LogP contribution < -0.4 is 10.1 Å². The molecule has 0 aromatic heterocycles. The van der Waals surface area contributed by atoms with Crippen LogP contribution in [0.3, 0.4) is 0 Å². The number of rotatable bonds is 4. The van der Waals surface area contributed by atoms with Crippen LogP contribution >= 0.6 is 0 Å². The molecule has 7 nitrogen and oxygen atoms in total. The molecule has 2 aliphatic rings. The number of amides is 2. The number of ether oxygens (including phenoxy) is 3. The lowest BCUT2D eigenvalue weighted by Gasteiger charge is -2.43. The standard InChI is InChI=1S/C20H31N3O4/c1-16(2)13-22-8-5-10-26-20(14-22)15-23(9-11-27-20)19(24)21-17-6-4-7-18(12-17)25-3/h4,6-7,12,16H,5,8-11,13-15H2,1-3H3,(H,21,24). The molecule has 0 radical (unpaired) electrons. The molecule has 0 aliphatic carbocycles. The van der Waals surface area contributed by atoms with Crippen LogP contribution in [0.15, 0.2) is 24.3 Å². The lowest BCUT2D eigenvalue weighted by molar-refractivity contribution is -0.260. The smallest absolute Gasteiger partial charge is 0.322 e. The van der Waals surface area contributed by atoms with Gasteiger partial charge in [0.1, 0.15) is 5.75 Å². The Balaban J connectivity index is 1.65. The molecular formula is C20H31N3O4. The molecule has 2 fully saturated rings. The molecule has 2 heterocycles. The fourth-order valence-corrected chi connectivity index (χ4v) is 3.70. The van der Waals surface area contributed by atoms with Crippen molar-refractivity contribution in [1.82, 2.24) is 9.80 Å². The van der Waals surface area contributed by atoms with Gasteiger partial charge in [-0.1, -0.05) is 19.9 Å². The number of nitrogens with one attached hydrogen (secondary N) is 1. The number of methoxy groups -OCH3 is 1. The van der Waals surface area contributed by atoms with Gasteiger partial charge in [-0.25, -0.2) is 4.79 Å². The first-order valence-corrected chi connectivity index (χ1v) is 9.70. The Kier molecular flexibility index (Phi) is 6.57. The molecule has 1 unspecified atom stereocenters. The quantitative estimate of drug-likeness (QED) is 0.874. The van der Waals surface area contributed by atoms with Gasteiger partial charge in [-0.3, -0.25) is 4.90 Å². The van der Waals surface area contributed by atoms with Gasteiger partial charge in [0.25, 0.3) is 0 Å². The van der Waals surface area contributed by atoms with E-state index in [0.29, 0.717) is 50.2 Å². The maximum absolute atomic E-state index is 12.8. The van der Waals surface area contributed by atoms with E-state index in [1.54, 1.807) is 18.1 Å². The summed E-state index contributed by atoms with van der Waals surface area (Å²) in [4.78, 5) is 17.0. The van der Waals surface area contributed by atoms with Gasteiger partial charge in [-0.2, -0.15) is 0 Å². The van der Waals surface area contributed by atoms with Gasteiger partial charge in [0.15, 0.2) is 5.79 Å². The number of hydrogen-bond donors (Lipinski definition) is 1. The number of benzene rings is 1. The lowest BCUT2D eigenvalue weighted by Crippen LogP contribution is -2.60. The average Bonchev–Trinajstić information content (AvgIpc) is 2.83. The molecule has 0 saturated carbocycles. The number of anilines is 1. The summed E-state index contributed by atoms with van der Waals surface area (Å²) in [5.41, 5.74) is 0.711. The second-order valence-electron chi connectivity index (χ2n) is 7.67. The molecule has 1 aromatic carbocycles.